The molecule has 2 N–H and O–H groups in total. The van der Waals surface area contributed by atoms with E-state index in [1.54, 1.807) is 0 Å². The zero-order valence-electron chi connectivity index (χ0n) is 14.9. The Hall–Kier alpha value is -2.17. The summed E-state index contributed by atoms with van der Waals surface area (Å²) in [6.07, 6.45) is -7.76. The van der Waals surface area contributed by atoms with Crippen LogP contribution in [0, 0.1) is 5.92 Å². The normalized spacial score (nSPS) is 23.2. The second kappa shape index (κ2) is 7.92. The molecule has 29 heavy (non-hydrogen) atoms. The number of alkyl halides is 5. The minimum atomic E-state index is -4.83. The van der Waals surface area contributed by atoms with E-state index < -0.39 is 65.7 Å². The molecule has 1 aliphatic heterocycles. The highest BCUT2D eigenvalue weighted by molar-refractivity contribution is 6.31. The van der Waals surface area contributed by atoms with Crippen molar-refractivity contribution in [2.24, 2.45) is 5.92 Å². The molecule has 1 saturated heterocycles. The van der Waals surface area contributed by atoms with Gasteiger partial charge in [-0.25, -0.2) is 18.6 Å². The van der Waals surface area contributed by atoms with E-state index in [1.165, 1.54) is 6.07 Å². The fourth-order valence-electron chi connectivity index (χ4n) is 3.44. The molecule has 0 aromatic carbocycles. The Labute approximate surface area is 167 Å². The smallest absolute Gasteiger partial charge is 0.434 e. The van der Waals surface area contributed by atoms with Gasteiger partial charge in [0.2, 0.25) is 5.92 Å². The zero-order chi connectivity index (χ0) is 21.4. The fraction of sp³-hybridized carbons (Fsp3) is 0.588. The molecule has 12 heteroatoms. The van der Waals surface area contributed by atoms with Crippen molar-refractivity contribution in [1.82, 2.24) is 15.6 Å². The third kappa shape index (κ3) is 5.06. The van der Waals surface area contributed by atoms with Crippen LogP contribution >= 0.6 is 11.6 Å². The number of ether oxygens (including phenoxy) is 1. The zero-order valence-corrected chi connectivity index (χ0v) is 15.6. The molecule has 0 radical (unpaired) electrons. The number of cyclic esters (lactones) is 1. The molecule has 2 aliphatic rings. The van der Waals surface area contributed by atoms with Crippen molar-refractivity contribution in [3.05, 3.63) is 28.5 Å². The van der Waals surface area contributed by atoms with E-state index in [0.29, 0.717) is 0 Å². The number of carbonyl (C=O) groups excluding carboxylic acids is 2. The number of halogens is 6. The first-order valence-electron chi connectivity index (χ1n) is 8.82. The van der Waals surface area contributed by atoms with Crippen molar-refractivity contribution < 1.29 is 36.3 Å². The van der Waals surface area contributed by atoms with Gasteiger partial charge in [-0.2, -0.15) is 13.2 Å². The Morgan fingerprint density at radius 1 is 1.31 bits per heavy atom. The van der Waals surface area contributed by atoms with Crippen molar-refractivity contribution in [2.75, 3.05) is 6.54 Å². The van der Waals surface area contributed by atoms with Gasteiger partial charge in [0, 0.05) is 12.8 Å². The first kappa shape index (κ1) is 21.5. The molecule has 1 saturated carbocycles. The van der Waals surface area contributed by atoms with Crippen molar-refractivity contribution in [3.8, 4) is 0 Å². The van der Waals surface area contributed by atoms with E-state index >= 15 is 0 Å². The van der Waals surface area contributed by atoms with E-state index in [1.807, 2.05) is 0 Å². The number of hydrogen-bond acceptors (Lipinski definition) is 4. The van der Waals surface area contributed by atoms with E-state index in [9.17, 15) is 31.5 Å². The van der Waals surface area contributed by atoms with Gasteiger partial charge in [-0.05, 0) is 30.9 Å². The van der Waals surface area contributed by atoms with Crippen molar-refractivity contribution in [1.29, 1.82) is 0 Å². The summed E-state index contributed by atoms with van der Waals surface area (Å²) in [5.41, 5.74) is -1.48. The lowest BCUT2D eigenvalue weighted by molar-refractivity contribution is -0.141. The average Bonchev–Trinajstić information content (AvgIpc) is 3.06. The summed E-state index contributed by atoms with van der Waals surface area (Å²) in [6.45, 7) is -0.109. The highest BCUT2D eigenvalue weighted by atomic mass is 35.5. The van der Waals surface area contributed by atoms with Crippen LogP contribution in [0.5, 0.6) is 0 Å². The Balaban J connectivity index is 1.88. The van der Waals surface area contributed by atoms with Crippen molar-refractivity contribution in [3.63, 3.8) is 0 Å². The van der Waals surface area contributed by atoms with Gasteiger partial charge in [0.1, 0.15) is 0 Å². The Kier molecular flexibility index (Phi) is 5.88. The highest BCUT2D eigenvalue weighted by Gasteiger charge is 2.42. The van der Waals surface area contributed by atoms with E-state index in [2.05, 4.69) is 15.6 Å². The first-order chi connectivity index (χ1) is 13.5. The molecule has 0 spiro atoms. The maximum absolute atomic E-state index is 13.5. The molecule has 6 nitrogen and oxygen atoms in total. The van der Waals surface area contributed by atoms with Gasteiger partial charge in [0.15, 0.2) is 11.8 Å². The topological polar surface area (TPSA) is 80.3 Å². The lowest BCUT2D eigenvalue weighted by atomic mass is 9.80. The van der Waals surface area contributed by atoms with Crippen LogP contribution in [0.1, 0.15) is 43.1 Å². The number of amides is 2. The molecule has 2 heterocycles. The predicted molar refractivity (Wildman–Crippen MR) is 90.3 cm³/mol. The van der Waals surface area contributed by atoms with Gasteiger partial charge >= 0.3 is 12.3 Å². The molecule has 0 bridgehead atoms. The first-order valence-corrected chi connectivity index (χ1v) is 9.20. The largest absolute Gasteiger partial charge is 0.434 e. The second-order valence-corrected chi connectivity index (χ2v) is 7.43. The number of aromatic nitrogens is 1. The van der Waals surface area contributed by atoms with Crippen LogP contribution in [-0.4, -0.2) is 35.6 Å². The van der Waals surface area contributed by atoms with Crippen molar-refractivity contribution in [2.45, 2.75) is 49.9 Å². The molecule has 2 atom stereocenters. The number of nitrogens with zero attached hydrogens (tertiary/aromatic N) is 1. The summed E-state index contributed by atoms with van der Waals surface area (Å²) in [5.74, 6) is -4.19. The fourth-order valence-corrected chi connectivity index (χ4v) is 3.65. The summed E-state index contributed by atoms with van der Waals surface area (Å²) in [5, 5.41) is 4.19. The summed E-state index contributed by atoms with van der Waals surface area (Å²) in [4.78, 5) is 27.1. The van der Waals surface area contributed by atoms with Crippen molar-refractivity contribution >= 4 is 23.6 Å². The number of nitrogens with one attached hydrogen (secondary N) is 2. The monoisotopic (exact) mass is 441 g/mol. The summed E-state index contributed by atoms with van der Waals surface area (Å²) in [6, 6.07) is 1.14. The van der Waals surface area contributed by atoms with Gasteiger partial charge < -0.3 is 15.4 Å². The minimum Gasteiger partial charge on any atom is -0.434 e. The van der Waals surface area contributed by atoms with E-state index in [4.69, 9.17) is 16.3 Å². The molecule has 2 fully saturated rings. The average molecular weight is 442 g/mol. The summed E-state index contributed by atoms with van der Waals surface area (Å²) in [7, 11) is 0. The maximum atomic E-state index is 13.5. The van der Waals surface area contributed by atoms with Gasteiger partial charge in [0.25, 0.3) is 5.91 Å². The molecule has 1 aromatic heterocycles. The molecule has 1 unspecified atom stereocenters. The number of rotatable bonds is 4. The standard InChI is InChI=1S/C17H17ClF5N3O3/c18-9-1-2-10(25-13(9)17(21,22)23)12(8-3-5-16(19,20)6-4-8)26-14(27)11-7-24-15(28)29-11/h1-2,8,11-12H,3-7H2,(H,24,28)(H,26,27)/t11-,12?/m0/s1. The van der Waals surface area contributed by atoms with Crippen LogP contribution in [0.2, 0.25) is 5.02 Å². The number of alkyl carbamates (subject to hydrolysis) is 1. The van der Waals surface area contributed by atoms with Crippen LogP contribution in [0.3, 0.4) is 0 Å². The molecule has 160 valence electrons. The lowest BCUT2D eigenvalue weighted by Gasteiger charge is -2.34. The SMILES string of the molecule is O=C1NC[C@@H](C(=O)NC(c2ccc(Cl)c(C(F)(F)F)n2)C2CCC(F)(F)CC2)O1. The predicted octanol–water partition coefficient (Wildman–Crippen LogP) is 3.85. The van der Waals surface area contributed by atoms with Crippen LogP contribution in [0.25, 0.3) is 0 Å². The number of carbonyl (C=O) groups is 2. The highest BCUT2D eigenvalue weighted by Crippen LogP contribution is 2.42. The van der Waals surface area contributed by atoms with Gasteiger partial charge in [-0.1, -0.05) is 11.6 Å². The van der Waals surface area contributed by atoms with Crippen LogP contribution < -0.4 is 10.6 Å². The maximum Gasteiger partial charge on any atom is 0.434 e. The third-order valence-corrected chi connectivity index (χ3v) is 5.26. The van der Waals surface area contributed by atoms with Crippen LogP contribution in [-0.2, 0) is 15.7 Å². The Bertz CT molecular complexity index is 795. The Morgan fingerprint density at radius 2 is 1.97 bits per heavy atom. The summed E-state index contributed by atoms with van der Waals surface area (Å²) >= 11 is 5.60. The molecule has 1 aromatic rings. The number of pyridine rings is 1. The molecule has 2 amide bonds. The third-order valence-electron chi connectivity index (χ3n) is 4.96. The van der Waals surface area contributed by atoms with E-state index in [-0.39, 0.29) is 25.1 Å². The number of hydrogen-bond donors (Lipinski definition) is 2. The van der Waals surface area contributed by atoms with Gasteiger partial charge in [0.05, 0.1) is 23.3 Å². The van der Waals surface area contributed by atoms with Gasteiger partial charge in [-0.15, -0.1) is 0 Å². The molecular weight excluding hydrogens is 425 g/mol. The second-order valence-electron chi connectivity index (χ2n) is 7.02. The van der Waals surface area contributed by atoms with Gasteiger partial charge in [-0.3, -0.25) is 4.79 Å². The molecular formula is C17H17ClF5N3O3. The molecule has 3 rings (SSSR count). The summed E-state index contributed by atoms with van der Waals surface area (Å²) < 4.78 is 71.4. The quantitative estimate of drug-likeness (QED) is 0.696. The Morgan fingerprint density at radius 3 is 2.52 bits per heavy atom. The lowest BCUT2D eigenvalue weighted by Crippen LogP contribution is -2.43. The van der Waals surface area contributed by atoms with E-state index in [0.717, 1.165) is 6.07 Å². The minimum absolute atomic E-state index is 0.0215. The molecule has 1 aliphatic carbocycles. The van der Waals surface area contributed by atoms with Crippen LogP contribution in [0.4, 0.5) is 26.7 Å². The van der Waals surface area contributed by atoms with Crippen LogP contribution in [0.15, 0.2) is 12.1 Å².